The molecule has 2 atom stereocenters. The molecule has 0 aromatic carbocycles. The lowest BCUT2D eigenvalue weighted by Gasteiger charge is -2.12. The van der Waals surface area contributed by atoms with Gasteiger partial charge in [-0.1, -0.05) is 20.3 Å². The van der Waals surface area contributed by atoms with Crippen LogP contribution in [-0.4, -0.2) is 6.10 Å². The van der Waals surface area contributed by atoms with Crippen LogP contribution in [0.5, 0.6) is 0 Å². The molecule has 0 heterocycles. The molecule has 2 radical (unpaired) electrons. The molecular weight excluding hydrogens is 102 g/mol. The zero-order chi connectivity index (χ0) is 6.57. The lowest BCUT2D eigenvalue weighted by molar-refractivity contribution is 0.0141. The molecule has 0 bridgehead atoms. The third-order valence-corrected chi connectivity index (χ3v) is 1.61. The van der Waals surface area contributed by atoms with Gasteiger partial charge in [0.1, 0.15) is 0 Å². The van der Waals surface area contributed by atoms with Crippen LogP contribution in [0.3, 0.4) is 0 Å². The molecule has 2 heteroatoms. The average molecular weight is 115 g/mol. The van der Waals surface area contributed by atoms with Crippen molar-refractivity contribution >= 4 is 0 Å². The molecule has 0 fully saturated rings. The molecular formula is C6H13NO. The molecule has 0 rings (SSSR count). The van der Waals surface area contributed by atoms with Crippen LogP contribution in [0.1, 0.15) is 27.2 Å². The van der Waals surface area contributed by atoms with Gasteiger partial charge < -0.3 is 0 Å². The molecule has 0 aromatic heterocycles. The molecule has 0 N–H and O–H groups in total. The van der Waals surface area contributed by atoms with E-state index in [2.05, 4.69) is 11.8 Å². The number of nitrogens with zero attached hydrogens (tertiary/aromatic N) is 1. The quantitative estimate of drug-likeness (QED) is 0.512. The second-order valence-electron chi connectivity index (χ2n) is 2.20. The van der Waals surface area contributed by atoms with E-state index in [-0.39, 0.29) is 6.10 Å². The zero-order valence-corrected chi connectivity index (χ0v) is 5.72. The summed E-state index contributed by atoms with van der Waals surface area (Å²) in [5.74, 6) is 8.58. The number of hydrogen-bond donors (Lipinski definition) is 0. The minimum Gasteiger partial charge on any atom is -0.260 e. The van der Waals surface area contributed by atoms with E-state index in [1.54, 1.807) is 0 Å². The van der Waals surface area contributed by atoms with Crippen molar-refractivity contribution in [3.63, 3.8) is 0 Å². The van der Waals surface area contributed by atoms with E-state index < -0.39 is 0 Å². The fourth-order valence-corrected chi connectivity index (χ4v) is 0.436. The van der Waals surface area contributed by atoms with Gasteiger partial charge in [-0.3, -0.25) is 4.84 Å². The van der Waals surface area contributed by atoms with Crippen LogP contribution in [0, 0.1) is 5.92 Å². The Morgan fingerprint density at radius 2 is 2.00 bits per heavy atom. The highest BCUT2D eigenvalue weighted by Crippen LogP contribution is 2.08. The van der Waals surface area contributed by atoms with Crippen LogP contribution < -0.4 is 5.90 Å². The van der Waals surface area contributed by atoms with E-state index in [0.717, 1.165) is 6.42 Å². The van der Waals surface area contributed by atoms with E-state index in [1.165, 1.54) is 0 Å². The van der Waals surface area contributed by atoms with Crippen molar-refractivity contribution in [1.82, 2.24) is 5.90 Å². The van der Waals surface area contributed by atoms with Crippen molar-refractivity contribution in [1.29, 1.82) is 0 Å². The smallest absolute Gasteiger partial charge is 0.0825 e. The fraction of sp³-hybridized carbons (Fsp3) is 1.00. The fourth-order valence-electron chi connectivity index (χ4n) is 0.436. The normalized spacial score (nSPS) is 18.0. The van der Waals surface area contributed by atoms with Gasteiger partial charge in [-0.2, -0.15) is 0 Å². The lowest BCUT2D eigenvalue weighted by Crippen LogP contribution is -2.15. The highest BCUT2D eigenvalue weighted by molar-refractivity contribution is 4.56. The van der Waals surface area contributed by atoms with Gasteiger partial charge in [0.25, 0.3) is 0 Å². The molecule has 0 amide bonds. The van der Waals surface area contributed by atoms with Crippen LogP contribution in [0.25, 0.3) is 0 Å². The van der Waals surface area contributed by atoms with Crippen LogP contribution in [0.2, 0.25) is 0 Å². The molecule has 8 heavy (non-hydrogen) atoms. The Kier molecular flexibility index (Phi) is 3.83. The first-order valence-electron chi connectivity index (χ1n) is 3.02. The molecule has 0 saturated heterocycles. The Bertz CT molecular complexity index is 48.5. The van der Waals surface area contributed by atoms with Crippen molar-refractivity contribution in [2.75, 3.05) is 0 Å². The minimum atomic E-state index is -0.0278. The van der Waals surface area contributed by atoms with Crippen LogP contribution in [0.4, 0.5) is 0 Å². The van der Waals surface area contributed by atoms with Gasteiger partial charge in [0.2, 0.25) is 0 Å². The highest BCUT2D eigenvalue weighted by Gasteiger charge is 2.08. The molecule has 2 nitrogen and oxygen atoms in total. The first-order chi connectivity index (χ1) is 3.72. The number of hydrogen-bond acceptors (Lipinski definition) is 1. The molecule has 0 aliphatic rings. The minimum absolute atomic E-state index is 0.0278. The molecule has 48 valence electrons. The predicted molar refractivity (Wildman–Crippen MR) is 32.1 cm³/mol. The maximum Gasteiger partial charge on any atom is 0.0825 e. The average Bonchev–Trinajstić information content (AvgIpc) is 1.84. The topological polar surface area (TPSA) is 31.5 Å². The Morgan fingerprint density at radius 3 is 2.12 bits per heavy atom. The Labute approximate surface area is 51.0 Å². The highest BCUT2D eigenvalue weighted by atomic mass is 16.6. The first kappa shape index (κ1) is 7.92. The van der Waals surface area contributed by atoms with Gasteiger partial charge in [-0.05, 0) is 12.8 Å². The monoisotopic (exact) mass is 115 g/mol. The largest absolute Gasteiger partial charge is 0.260 e. The molecule has 0 aromatic rings. The van der Waals surface area contributed by atoms with Crippen molar-refractivity contribution in [2.45, 2.75) is 33.3 Å². The molecule has 0 spiro atoms. The summed E-state index contributed by atoms with van der Waals surface area (Å²) in [4.78, 5) is 4.10. The summed E-state index contributed by atoms with van der Waals surface area (Å²) in [6.07, 6.45) is 1.02. The standard InChI is InChI=1S/C6H13NO/c1-4-5(2)6(3)8-7/h5-6H,4H2,1-3H3. The van der Waals surface area contributed by atoms with Gasteiger partial charge in [-0.15, -0.1) is 0 Å². The first-order valence-corrected chi connectivity index (χ1v) is 3.02. The molecule has 0 saturated carbocycles. The Balaban J connectivity index is 3.29. The van der Waals surface area contributed by atoms with Gasteiger partial charge in [0.15, 0.2) is 0 Å². The summed E-state index contributed by atoms with van der Waals surface area (Å²) in [6, 6.07) is 0. The summed E-state index contributed by atoms with van der Waals surface area (Å²) >= 11 is 0. The van der Waals surface area contributed by atoms with Crippen LogP contribution in [-0.2, 0) is 4.84 Å². The summed E-state index contributed by atoms with van der Waals surface area (Å²) in [5.41, 5.74) is 0. The summed E-state index contributed by atoms with van der Waals surface area (Å²) in [5, 5.41) is 0. The summed E-state index contributed by atoms with van der Waals surface area (Å²) in [7, 11) is 0. The third kappa shape index (κ3) is 2.28. The van der Waals surface area contributed by atoms with Crippen LogP contribution >= 0.6 is 0 Å². The maximum absolute atomic E-state index is 8.14. The van der Waals surface area contributed by atoms with Crippen molar-refractivity contribution in [3.05, 3.63) is 0 Å². The van der Waals surface area contributed by atoms with E-state index in [9.17, 15) is 0 Å². The zero-order valence-electron chi connectivity index (χ0n) is 5.72. The summed E-state index contributed by atoms with van der Waals surface area (Å²) in [6.45, 7) is 5.97. The van der Waals surface area contributed by atoms with Gasteiger partial charge in [0.05, 0.1) is 6.10 Å². The molecule has 0 aliphatic carbocycles. The molecule has 2 unspecified atom stereocenters. The maximum atomic E-state index is 8.14. The Morgan fingerprint density at radius 1 is 1.50 bits per heavy atom. The Hall–Kier alpha value is -0.0800. The van der Waals surface area contributed by atoms with Crippen molar-refractivity contribution in [3.8, 4) is 0 Å². The van der Waals surface area contributed by atoms with E-state index >= 15 is 0 Å². The second kappa shape index (κ2) is 3.87. The predicted octanol–water partition coefficient (Wildman–Crippen LogP) is 1.42. The third-order valence-electron chi connectivity index (χ3n) is 1.61. The van der Waals surface area contributed by atoms with Gasteiger partial charge >= 0.3 is 0 Å². The van der Waals surface area contributed by atoms with E-state index in [0.29, 0.717) is 5.92 Å². The van der Waals surface area contributed by atoms with Gasteiger partial charge in [-0.25, -0.2) is 0 Å². The number of rotatable bonds is 3. The van der Waals surface area contributed by atoms with Gasteiger partial charge in [0, 0.05) is 5.90 Å². The molecule has 0 aliphatic heterocycles. The van der Waals surface area contributed by atoms with Crippen molar-refractivity contribution < 1.29 is 4.84 Å². The van der Waals surface area contributed by atoms with E-state index in [4.69, 9.17) is 5.90 Å². The lowest BCUT2D eigenvalue weighted by atomic mass is 10.0. The summed E-state index contributed by atoms with van der Waals surface area (Å²) < 4.78 is 0. The second-order valence-corrected chi connectivity index (χ2v) is 2.20. The van der Waals surface area contributed by atoms with E-state index in [1.807, 2.05) is 13.8 Å². The van der Waals surface area contributed by atoms with Crippen LogP contribution in [0.15, 0.2) is 0 Å². The SMILES string of the molecule is CCC(C)C(C)O[N]. The van der Waals surface area contributed by atoms with Crippen molar-refractivity contribution in [2.24, 2.45) is 5.92 Å².